The van der Waals surface area contributed by atoms with Crippen LogP contribution in [0.1, 0.15) is 32.1 Å². The summed E-state index contributed by atoms with van der Waals surface area (Å²) in [5.74, 6) is 1.23. The van der Waals surface area contributed by atoms with Gasteiger partial charge < -0.3 is 14.8 Å². The van der Waals surface area contributed by atoms with Gasteiger partial charge in [0.2, 0.25) is 5.13 Å². The van der Waals surface area contributed by atoms with E-state index < -0.39 is 0 Å². The number of hydrogen-bond acceptors (Lipinski definition) is 6. The molecule has 3 rings (SSSR count). The summed E-state index contributed by atoms with van der Waals surface area (Å²) in [5, 5.41) is 14.2. The van der Waals surface area contributed by atoms with Crippen molar-refractivity contribution < 1.29 is 9.47 Å². The average Bonchev–Trinajstić information content (AvgIpc) is 3.03. The van der Waals surface area contributed by atoms with Crippen LogP contribution in [0.2, 0.25) is 5.02 Å². The predicted molar refractivity (Wildman–Crippen MR) is 94.0 cm³/mol. The number of hydrogen-bond donors (Lipinski definition) is 1. The predicted octanol–water partition coefficient (Wildman–Crippen LogP) is 4.62. The molecule has 1 aliphatic rings. The van der Waals surface area contributed by atoms with E-state index in [4.69, 9.17) is 21.1 Å². The summed E-state index contributed by atoms with van der Waals surface area (Å²) in [6.07, 6.45) is 6.27. The molecule has 0 radical (unpaired) electrons. The van der Waals surface area contributed by atoms with Crippen LogP contribution in [0, 0.1) is 0 Å². The minimum atomic E-state index is 0.493. The van der Waals surface area contributed by atoms with E-state index in [1.54, 1.807) is 20.3 Å². The van der Waals surface area contributed by atoms with Crippen LogP contribution in [0.3, 0.4) is 0 Å². The molecule has 1 N–H and O–H groups in total. The van der Waals surface area contributed by atoms with E-state index in [9.17, 15) is 0 Å². The minimum absolute atomic E-state index is 0.493. The van der Waals surface area contributed by atoms with Crippen molar-refractivity contribution in [1.82, 2.24) is 10.2 Å². The number of rotatable bonds is 5. The van der Waals surface area contributed by atoms with Gasteiger partial charge in [-0.15, -0.1) is 10.2 Å². The Morgan fingerprint density at radius 3 is 2.61 bits per heavy atom. The van der Waals surface area contributed by atoms with Gasteiger partial charge in [-0.05, 0) is 25.0 Å². The van der Waals surface area contributed by atoms with Gasteiger partial charge in [-0.1, -0.05) is 42.2 Å². The fraction of sp³-hybridized carbons (Fsp3) is 0.500. The Morgan fingerprint density at radius 1 is 1.13 bits per heavy atom. The molecule has 0 saturated heterocycles. The topological polar surface area (TPSA) is 56.3 Å². The van der Waals surface area contributed by atoms with E-state index in [-0.39, 0.29) is 0 Å². The van der Waals surface area contributed by atoms with Crippen molar-refractivity contribution in [3.63, 3.8) is 0 Å². The van der Waals surface area contributed by atoms with Gasteiger partial charge in [0.05, 0.1) is 24.8 Å². The summed E-state index contributed by atoms with van der Waals surface area (Å²) in [6.45, 7) is 0. The summed E-state index contributed by atoms with van der Waals surface area (Å²) in [7, 11) is 3.21. The van der Waals surface area contributed by atoms with Gasteiger partial charge in [0, 0.05) is 6.04 Å². The zero-order valence-corrected chi connectivity index (χ0v) is 14.8. The second-order valence-corrected chi connectivity index (χ2v) is 6.93. The second kappa shape index (κ2) is 7.36. The van der Waals surface area contributed by atoms with Gasteiger partial charge in [0.1, 0.15) is 5.75 Å². The number of methoxy groups -OCH3 is 2. The number of aromatic nitrogens is 2. The van der Waals surface area contributed by atoms with Gasteiger partial charge in [-0.2, -0.15) is 0 Å². The number of nitrogens with one attached hydrogen (secondary N) is 1. The van der Waals surface area contributed by atoms with Gasteiger partial charge >= 0.3 is 0 Å². The van der Waals surface area contributed by atoms with E-state index in [0.717, 1.165) is 15.7 Å². The van der Waals surface area contributed by atoms with Crippen LogP contribution in [0.5, 0.6) is 11.5 Å². The molecule has 0 atom stereocenters. The van der Waals surface area contributed by atoms with Gasteiger partial charge in [-0.25, -0.2) is 0 Å². The molecule has 0 aliphatic heterocycles. The molecule has 2 aromatic rings. The summed E-state index contributed by atoms with van der Waals surface area (Å²) < 4.78 is 10.9. The Hall–Kier alpha value is -1.53. The molecule has 0 bridgehead atoms. The smallest absolute Gasteiger partial charge is 0.206 e. The highest BCUT2D eigenvalue weighted by atomic mass is 35.5. The lowest BCUT2D eigenvalue weighted by atomic mass is 9.96. The first kappa shape index (κ1) is 16.3. The van der Waals surface area contributed by atoms with Crippen LogP contribution in [0.4, 0.5) is 5.13 Å². The van der Waals surface area contributed by atoms with Crippen LogP contribution in [-0.2, 0) is 0 Å². The number of benzene rings is 1. The summed E-state index contributed by atoms with van der Waals surface area (Å²) in [4.78, 5) is 0. The minimum Gasteiger partial charge on any atom is -0.496 e. The van der Waals surface area contributed by atoms with Crippen LogP contribution < -0.4 is 14.8 Å². The number of nitrogens with zero attached hydrogens (tertiary/aromatic N) is 2. The van der Waals surface area contributed by atoms with Crippen LogP contribution in [0.15, 0.2) is 12.1 Å². The highest BCUT2D eigenvalue weighted by molar-refractivity contribution is 7.18. The Labute approximate surface area is 145 Å². The molecular weight excluding hydrogens is 334 g/mol. The lowest BCUT2D eigenvalue weighted by molar-refractivity contribution is 0.397. The van der Waals surface area contributed by atoms with Crippen molar-refractivity contribution >= 4 is 28.1 Å². The van der Waals surface area contributed by atoms with Crippen molar-refractivity contribution in [1.29, 1.82) is 0 Å². The molecule has 5 nitrogen and oxygen atoms in total. The summed E-state index contributed by atoms with van der Waals surface area (Å²) in [6, 6.07) is 4.06. The average molecular weight is 354 g/mol. The Bertz CT molecular complexity index is 671. The Morgan fingerprint density at radius 2 is 1.91 bits per heavy atom. The Balaban J connectivity index is 1.89. The van der Waals surface area contributed by atoms with Crippen LogP contribution in [0.25, 0.3) is 10.6 Å². The third-order valence-corrected chi connectivity index (χ3v) is 5.24. The molecule has 1 saturated carbocycles. The maximum atomic E-state index is 6.23. The quantitative estimate of drug-likeness (QED) is 0.849. The molecule has 7 heteroatoms. The number of anilines is 1. The fourth-order valence-corrected chi connectivity index (χ4v) is 4.02. The van der Waals surface area contributed by atoms with Crippen LogP contribution in [-0.4, -0.2) is 30.5 Å². The monoisotopic (exact) mass is 353 g/mol. The first-order chi connectivity index (χ1) is 11.2. The molecule has 1 aromatic heterocycles. The molecule has 23 heavy (non-hydrogen) atoms. The molecule has 1 heterocycles. The first-order valence-electron chi connectivity index (χ1n) is 7.74. The van der Waals surface area contributed by atoms with Crippen molar-refractivity contribution in [2.45, 2.75) is 38.1 Å². The maximum absolute atomic E-state index is 6.23. The lowest BCUT2D eigenvalue weighted by Gasteiger charge is -2.21. The van der Waals surface area contributed by atoms with Crippen LogP contribution >= 0.6 is 22.9 Å². The van der Waals surface area contributed by atoms with E-state index in [1.165, 1.54) is 43.4 Å². The first-order valence-corrected chi connectivity index (χ1v) is 8.93. The van der Waals surface area contributed by atoms with Crippen molar-refractivity contribution in [3.8, 4) is 22.1 Å². The molecule has 1 aromatic carbocycles. The van der Waals surface area contributed by atoms with E-state index in [0.29, 0.717) is 22.6 Å². The molecule has 1 fully saturated rings. The standard InChI is InChI=1S/C16H20ClN3O2S/c1-21-12-9-8-11(17)14(22-2)13(12)15-19-20-16(23-15)18-10-6-4-3-5-7-10/h8-10H,3-7H2,1-2H3,(H,18,20). The summed E-state index contributed by atoms with van der Waals surface area (Å²) >= 11 is 7.73. The zero-order valence-electron chi connectivity index (χ0n) is 13.3. The van der Waals surface area contributed by atoms with Crippen molar-refractivity contribution in [3.05, 3.63) is 17.2 Å². The highest BCUT2D eigenvalue weighted by Crippen LogP contribution is 2.44. The molecule has 0 unspecified atom stereocenters. The molecule has 0 amide bonds. The maximum Gasteiger partial charge on any atom is 0.206 e. The molecular formula is C16H20ClN3O2S. The Kier molecular flexibility index (Phi) is 5.23. The van der Waals surface area contributed by atoms with E-state index in [2.05, 4.69) is 15.5 Å². The molecule has 124 valence electrons. The molecule has 0 spiro atoms. The van der Waals surface area contributed by atoms with E-state index >= 15 is 0 Å². The normalized spacial score (nSPS) is 15.4. The summed E-state index contributed by atoms with van der Waals surface area (Å²) in [5.41, 5.74) is 0.747. The third-order valence-electron chi connectivity index (χ3n) is 4.07. The van der Waals surface area contributed by atoms with Gasteiger partial charge in [0.25, 0.3) is 0 Å². The zero-order chi connectivity index (χ0) is 16.2. The SMILES string of the molecule is COc1ccc(Cl)c(OC)c1-c1nnc(NC2CCCCC2)s1. The number of ether oxygens (including phenoxy) is 2. The largest absolute Gasteiger partial charge is 0.496 e. The third kappa shape index (κ3) is 3.53. The second-order valence-electron chi connectivity index (χ2n) is 5.55. The highest BCUT2D eigenvalue weighted by Gasteiger charge is 2.21. The van der Waals surface area contributed by atoms with Gasteiger partial charge in [-0.3, -0.25) is 0 Å². The van der Waals surface area contributed by atoms with E-state index in [1.807, 2.05) is 6.07 Å². The molecule has 1 aliphatic carbocycles. The fourth-order valence-electron chi connectivity index (χ4n) is 2.92. The number of halogens is 1. The van der Waals surface area contributed by atoms with Gasteiger partial charge in [0.15, 0.2) is 10.8 Å². The lowest BCUT2D eigenvalue weighted by Crippen LogP contribution is -2.21. The van der Waals surface area contributed by atoms with Crippen molar-refractivity contribution in [2.24, 2.45) is 0 Å². The van der Waals surface area contributed by atoms with Crippen molar-refractivity contribution in [2.75, 3.05) is 19.5 Å².